The molecular formula is C12H26N2. The van der Waals surface area contributed by atoms with E-state index in [1.807, 2.05) is 0 Å². The summed E-state index contributed by atoms with van der Waals surface area (Å²) in [7, 11) is 2.25. The van der Waals surface area contributed by atoms with E-state index in [9.17, 15) is 0 Å². The van der Waals surface area contributed by atoms with E-state index in [2.05, 4.69) is 25.8 Å². The van der Waals surface area contributed by atoms with Crippen LogP contribution in [0.25, 0.3) is 0 Å². The van der Waals surface area contributed by atoms with Crippen molar-refractivity contribution in [3.05, 3.63) is 0 Å². The minimum atomic E-state index is 0.260. The van der Waals surface area contributed by atoms with Crippen molar-refractivity contribution in [3.8, 4) is 0 Å². The van der Waals surface area contributed by atoms with Gasteiger partial charge in [0, 0.05) is 18.6 Å². The largest absolute Gasteiger partial charge is 0.329 e. The Balaban J connectivity index is 2.47. The van der Waals surface area contributed by atoms with E-state index in [1.165, 1.54) is 38.6 Å². The maximum Gasteiger partial charge on any atom is 0.0323 e. The van der Waals surface area contributed by atoms with Gasteiger partial charge in [-0.3, -0.25) is 4.90 Å². The third kappa shape index (κ3) is 2.29. The molecule has 1 rings (SSSR count). The summed E-state index contributed by atoms with van der Waals surface area (Å²) >= 11 is 0. The molecule has 0 heterocycles. The van der Waals surface area contributed by atoms with Crippen LogP contribution >= 0.6 is 0 Å². The van der Waals surface area contributed by atoms with Crippen LogP contribution in [0.3, 0.4) is 0 Å². The summed E-state index contributed by atoms with van der Waals surface area (Å²) in [6.07, 6.45) is 6.63. The number of hydrogen-bond acceptors (Lipinski definition) is 2. The molecular weight excluding hydrogens is 172 g/mol. The van der Waals surface area contributed by atoms with Crippen molar-refractivity contribution in [3.63, 3.8) is 0 Å². The van der Waals surface area contributed by atoms with Gasteiger partial charge in [-0.15, -0.1) is 0 Å². The highest BCUT2D eigenvalue weighted by atomic mass is 15.2. The van der Waals surface area contributed by atoms with Gasteiger partial charge >= 0.3 is 0 Å². The van der Waals surface area contributed by atoms with Gasteiger partial charge in [-0.1, -0.05) is 20.3 Å². The fraction of sp³-hybridized carbons (Fsp3) is 1.00. The molecule has 2 nitrogen and oxygen atoms in total. The van der Waals surface area contributed by atoms with Crippen molar-refractivity contribution in [1.29, 1.82) is 0 Å². The van der Waals surface area contributed by atoms with Gasteiger partial charge in [0.2, 0.25) is 0 Å². The Kier molecular flexibility index (Phi) is 4.39. The first kappa shape index (κ1) is 12.0. The Morgan fingerprint density at radius 3 is 2.14 bits per heavy atom. The zero-order valence-corrected chi connectivity index (χ0v) is 10.1. The minimum absolute atomic E-state index is 0.260. The summed E-state index contributed by atoms with van der Waals surface area (Å²) in [5.41, 5.74) is 6.18. The van der Waals surface area contributed by atoms with Gasteiger partial charge in [0.15, 0.2) is 0 Å². The lowest BCUT2D eigenvalue weighted by atomic mass is 9.83. The van der Waals surface area contributed by atoms with Crippen molar-refractivity contribution < 1.29 is 0 Å². The Morgan fingerprint density at radius 1 is 1.29 bits per heavy atom. The predicted molar refractivity (Wildman–Crippen MR) is 62.3 cm³/mol. The van der Waals surface area contributed by atoms with E-state index in [0.29, 0.717) is 0 Å². The standard InChI is InChI=1S/C12H26N2/c1-4-12(5-2,10-13)14(3)9-11-7-6-8-11/h11H,4-10,13H2,1-3H3. The third-order valence-electron chi connectivity index (χ3n) is 4.26. The van der Waals surface area contributed by atoms with E-state index < -0.39 is 0 Å². The molecule has 0 spiro atoms. The maximum atomic E-state index is 5.92. The van der Waals surface area contributed by atoms with Gasteiger partial charge in [-0.25, -0.2) is 0 Å². The van der Waals surface area contributed by atoms with Gasteiger partial charge in [0.1, 0.15) is 0 Å². The van der Waals surface area contributed by atoms with Crippen LogP contribution in [-0.4, -0.2) is 30.6 Å². The van der Waals surface area contributed by atoms with E-state index in [4.69, 9.17) is 5.73 Å². The predicted octanol–water partition coefficient (Wildman–Crippen LogP) is 2.24. The Labute approximate surface area is 88.8 Å². The molecule has 1 saturated carbocycles. The highest BCUT2D eigenvalue weighted by Gasteiger charge is 2.31. The maximum absolute atomic E-state index is 5.92. The van der Waals surface area contributed by atoms with Gasteiger partial charge in [0.05, 0.1) is 0 Å². The second kappa shape index (κ2) is 5.13. The molecule has 84 valence electrons. The zero-order valence-electron chi connectivity index (χ0n) is 10.1. The van der Waals surface area contributed by atoms with Crippen molar-refractivity contribution >= 4 is 0 Å². The van der Waals surface area contributed by atoms with E-state index >= 15 is 0 Å². The molecule has 1 aliphatic rings. The molecule has 0 amide bonds. The van der Waals surface area contributed by atoms with E-state index in [1.54, 1.807) is 0 Å². The van der Waals surface area contributed by atoms with Crippen LogP contribution in [-0.2, 0) is 0 Å². The molecule has 0 bridgehead atoms. The van der Waals surface area contributed by atoms with E-state index in [0.717, 1.165) is 12.5 Å². The van der Waals surface area contributed by atoms with E-state index in [-0.39, 0.29) is 5.54 Å². The first-order valence-corrected chi connectivity index (χ1v) is 6.09. The van der Waals surface area contributed by atoms with Crippen LogP contribution in [0.2, 0.25) is 0 Å². The third-order valence-corrected chi connectivity index (χ3v) is 4.26. The Bertz CT molecular complexity index is 151. The lowest BCUT2D eigenvalue weighted by Gasteiger charge is -2.43. The SMILES string of the molecule is CCC(CC)(CN)N(C)CC1CCC1. The normalized spacial score (nSPS) is 18.6. The highest BCUT2D eigenvalue weighted by molar-refractivity contribution is 4.89. The number of hydrogen-bond donors (Lipinski definition) is 1. The molecule has 0 radical (unpaired) electrons. The molecule has 0 aromatic rings. The summed E-state index contributed by atoms with van der Waals surface area (Å²) in [6.45, 7) is 6.56. The molecule has 1 fully saturated rings. The van der Waals surface area contributed by atoms with Crippen LogP contribution in [0.1, 0.15) is 46.0 Å². The molecule has 0 saturated heterocycles. The minimum Gasteiger partial charge on any atom is -0.329 e. The average Bonchev–Trinajstić information content (AvgIpc) is 2.15. The van der Waals surface area contributed by atoms with Crippen molar-refractivity contribution in [2.75, 3.05) is 20.1 Å². The summed E-state index contributed by atoms with van der Waals surface area (Å²) < 4.78 is 0. The highest BCUT2D eigenvalue weighted by Crippen LogP contribution is 2.30. The van der Waals surface area contributed by atoms with Crippen molar-refractivity contribution in [2.45, 2.75) is 51.5 Å². The van der Waals surface area contributed by atoms with Crippen molar-refractivity contribution in [2.24, 2.45) is 11.7 Å². The van der Waals surface area contributed by atoms with Crippen molar-refractivity contribution in [1.82, 2.24) is 4.90 Å². The molecule has 2 N–H and O–H groups in total. The Hall–Kier alpha value is -0.0800. The second-order valence-electron chi connectivity index (χ2n) is 4.81. The number of likely N-dealkylation sites (N-methyl/N-ethyl adjacent to an activating group) is 1. The fourth-order valence-corrected chi connectivity index (χ4v) is 2.49. The molecule has 0 unspecified atom stereocenters. The summed E-state index contributed by atoms with van der Waals surface area (Å²) in [4.78, 5) is 2.51. The lowest BCUT2D eigenvalue weighted by molar-refractivity contribution is 0.0776. The smallest absolute Gasteiger partial charge is 0.0323 e. The molecule has 2 heteroatoms. The average molecular weight is 198 g/mol. The summed E-state index contributed by atoms with van der Waals surface area (Å²) in [5, 5.41) is 0. The molecule has 1 aliphatic carbocycles. The van der Waals surface area contributed by atoms with Crippen LogP contribution < -0.4 is 5.73 Å². The molecule has 14 heavy (non-hydrogen) atoms. The zero-order chi connectivity index (χ0) is 10.6. The lowest BCUT2D eigenvalue weighted by Crippen LogP contribution is -2.53. The van der Waals surface area contributed by atoms with Crippen LogP contribution in [0.4, 0.5) is 0 Å². The summed E-state index contributed by atoms with van der Waals surface area (Å²) in [5.74, 6) is 0.948. The molecule has 0 aromatic carbocycles. The molecule has 0 aliphatic heterocycles. The second-order valence-corrected chi connectivity index (χ2v) is 4.81. The fourth-order valence-electron chi connectivity index (χ4n) is 2.49. The topological polar surface area (TPSA) is 29.3 Å². The number of nitrogens with two attached hydrogens (primary N) is 1. The van der Waals surface area contributed by atoms with Gasteiger partial charge in [0.25, 0.3) is 0 Å². The Morgan fingerprint density at radius 2 is 1.86 bits per heavy atom. The quantitative estimate of drug-likeness (QED) is 0.709. The van der Waals surface area contributed by atoms with Crippen LogP contribution in [0.15, 0.2) is 0 Å². The summed E-state index contributed by atoms with van der Waals surface area (Å²) in [6, 6.07) is 0. The van der Waals surface area contributed by atoms with Gasteiger partial charge < -0.3 is 5.73 Å². The van der Waals surface area contributed by atoms with Crippen LogP contribution in [0, 0.1) is 5.92 Å². The van der Waals surface area contributed by atoms with Gasteiger partial charge in [-0.05, 0) is 38.6 Å². The molecule has 0 aromatic heterocycles. The van der Waals surface area contributed by atoms with Gasteiger partial charge in [-0.2, -0.15) is 0 Å². The first-order chi connectivity index (χ1) is 6.68. The molecule has 0 atom stereocenters. The first-order valence-electron chi connectivity index (χ1n) is 6.09. The monoisotopic (exact) mass is 198 g/mol. The number of nitrogens with zero attached hydrogens (tertiary/aromatic N) is 1. The number of rotatable bonds is 6. The van der Waals surface area contributed by atoms with Crippen LogP contribution in [0.5, 0.6) is 0 Å².